The fraction of sp³-hybridized carbons (Fsp3) is 0.769. The lowest BCUT2D eigenvalue weighted by atomic mass is 10.2. The monoisotopic (exact) mass is 210 g/mol. The normalized spacial score (nSPS) is 17.4. The summed E-state index contributed by atoms with van der Waals surface area (Å²) in [5, 5.41) is 0. The van der Waals surface area contributed by atoms with Crippen molar-refractivity contribution in [1.82, 2.24) is 0 Å². The molecule has 1 aliphatic carbocycles. The van der Waals surface area contributed by atoms with Gasteiger partial charge in [-0.1, -0.05) is 31.9 Å². The van der Waals surface area contributed by atoms with Gasteiger partial charge >= 0.3 is 5.97 Å². The molecule has 0 N–H and O–H groups in total. The quantitative estimate of drug-likeness (QED) is 0.380. The summed E-state index contributed by atoms with van der Waals surface area (Å²) in [6.45, 7) is 2.17. The number of rotatable bonds is 6. The highest BCUT2D eigenvalue weighted by molar-refractivity contribution is 5.71. The van der Waals surface area contributed by atoms with Crippen LogP contribution in [-0.4, -0.2) is 12.1 Å². The van der Waals surface area contributed by atoms with Gasteiger partial charge in [-0.2, -0.15) is 0 Å². The van der Waals surface area contributed by atoms with Crippen LogP contribution >= 0.6 is 0 Å². The predicted molar refractivity (Wildman–Crippen MR) is 61.6 cm³/mol. The van der Waals surface area contributed by atoms with Crippen LogP contribution in [0.25, 0.3) is 0 Å². The van der Waals surface area contributed by atoms with E-state index in [-0.39, 0.29) is 12.1 Å². The second kappa shape index (κ2) is 7.49. The first-order valence-corrected chi connectivity index (χ1v) is 6.17. The second-order valence-corrected chi connectivity index (χ2v) is 4.21. The molecule has 0 radical (unpaired) electrons. The van der Waals surface area contributed by atoms with E-state index >= 15 is 0 Å². The number of allylic oxidation sites excluding steroid dienone is 1. The maximum atomic E-state index is 11.4. The minimum Gasteiger partial charge on any atom is -0.462 e. The van der Waals surface area contributed by atoms with Crippen molar-refractivity contribution in [3.05, 3.63) is 12.2 Å². The molecule has 0 aromatic carbocycles. The van der Waals surface area contributed by atoms with Crippen molar-refractivity contribution < 1.29 is 9.53 Å². The van der Waals surface area contributed by atoms with E-state index in [0.29, 0.717) is 6.42 Å². The topological polar surface area (TPSA) is 26.3 Å². The molecule has 1 aliphatic rings. The maximum Gasteiger partial charge on any atom is 0.309 e. The molecule has 0 heterocycles. The number of carbonyl (C=O) groups excluding carboxylic acids is 1. The highest BCUT2D eigenvalue weighted by Gasteiger charge is 2.18. The van der Waals surface area contributed by atoms with Crippen LogP contribution in [0, 0.1) is 0 Å². The molecule has 1 fully saturated rings. The van der Waals surface area contributed by atoms with Gasteiger partial charge in [0.2, 0.25) is 0 Å². The van der Waals surface area contributed by atoms with E-state index in [9.17, 15) is 4.79 Å². The number of hydrogen-bond donors (Lipinski definition) is 0. The van der Waals surface area contributed by atoms with Crippen molar-refractivity contribution in [3.8, 4) is 0 Å². The van der Waals surface area contributed by atoms with Crippen LogP contribution in [0.3, 0.4) is 0 Å². The summed E-state index contributed by atoms with van der Waals surface area (Å²) >= 11 is 0. The molecule has 86 valence electrons. The van der Waals surface area contributed by atoms with Gasteiger partial charge in [0, 0.05) is 0 Å². The van der Waals surface area contributed by atoms with Crippen molar-refractivity contribution in [1.29, 1.82) is 0 Å². The SMILES string of the molecule is CCCCC=CCC(=O)OC1CCCC1. The standard InChI is InChI=1S/C13H22O2/c1-2-3-4-5-6-11-13(14)15-12-9-7-8-10-12/h5-6,12H,2-4,7-11H2,1H3. The van der Waals surface area contributed by atoms with Gasteiger partial charge < -0.3 is 4.74 Å². The summed E-state index contributed by atoms with van der Waals surface area (Å²) in [5.74, 6) is -0.0605. The van der Waals surface area contributed by atoms with Crippen molar-refractivity contribution in [2.24, 2.45) is 0 Å². The van der Waals surface area contributed by atoms with Gasteiger partial charge in [0.15, 0.2) is 0 Å². The molecule has 2 heteroatoms. The van der Waals surface area contributed by atoms with Gasteiger partial charge in [-0.05, 0) is 32.1 Å². The average Bonchev–Trinajstić information content (AvgIpc) is 2.70. The van der Waals surface area contributed by atoms with Gasteiger partial charge in [0.25, 0.3) is 0 Å². The summed E-state index contributed by atoms with van der Waals surface area (Å²) in [6.07, 6.45) is 12.7. The summed E-state index contributed by atoms with van der Waals surface area (Å²) in [6, 6.07) is 0. The highest BCUT2D eigenvalue weighted by Crippen LogP contribution is 2.21. The Hall–Kier alpha value is -0.790. The lowest BCUT2D eigenvalue weighted by molar-refractivity contribution is -0.147. The number of unbranched alkanes of at least 4 members (excludes halogenated alkanes) is 2. The van der Waals surface area contributed by atoms with Gasteiger partial charge in [-0.3, -0.25) is 4.79 Å². The zero-order valence-corrected chi connectivity index (χ0v) is 9.71. The first kappa shape index (κ1) is 12.3. The molecular weight excluding hydrogens is 188 g/mol. The Kier molecular flexibility index (Phi) is 6.14. The molecule has 0 aromatic heterocycles. The Balaban J connectivity index is 2.04. The molecule has 0 atom stereocenters. The van der Waals surface area contributed by atoms with E-state index in [1.807, 2.05) is 6.08 Å². The summed E-state index contributed by atoms with van der Waals surface area (Å²) in [7, 11) is 0. The van der Waals surface area contributed by atoms with Gasteiger partial charge in [0.05, 0.1) is 6.42 Å². The van der Waals surface area contributed by atoms with Crippen LogP contribution in [0.2, 0.25) is 0 Å². The lowest BCUT2D eigenvalue weighted by Gasteiger charge is -2.09. The van der Waals surface area contributed by atoms with Crippen LogP contribution in [0.15, 0.2) is 12.2 Å². The van der Waals surface area contributed by atoms with Crippen molar-refractivity contribution in [2.75, 3.05) is 0 Å². The largest absolute Gasteiger partial charge is 0.462 e. The molecule has 15 heavy (non-hydrogen) atoms. The Labute approximate surface area is 92.7 Å². The smallest absolute Gasteiger partial charge is 0.309 e. The Morgan fingerprint density at radius 1 is 1.33 bits per heavy atom. The minimum atomic E-state index is -0.0605. The second-order valence-electron chi connectivity index (χ2n) is 4.21. The summed E-state index contributed by atoms with van der Waals surface area (Å²) in [4.78, 5) is 11.4. The van der Waals surface area contributed by atoms with E-state index in [4.69, 9.17) is 4.74 Å². The molecule has 0 aromatic rings. The van der Waals surface area contributed by atoms with Crippen LogP contribution in [0.1, 0.15) is 58.3 Å². The Bertz CT molecular complexity index is 203. The van der Waals surface area contributed by atoms with E-state index < -0.39 is 0 Å². The predicted octanol–water partition coefficient (Wildman–Crippen LogP) is 3.61. The number of hydrogen-bond acceptors (Lipinski definition) is 2. The Morgan fingerprint density at radius 3 is 2.73 bits per heavy atom. The third-order valence-electron chi connectivity index (χ3n) is 2.78. The van der Waals surface area contributed by atoms with Crippen molar-refractivity contribution >= 4 is 5.97 Å². The van der Waals surface area contributed by atoms with E-state index in [1.165, 1.54) is 25.7 Å². The summed E-state index contributed by atoms with van der Waals surface area (Å²) < 4.78 is 5.33. The van der Waals surface area contributed by atoms with Gasteiger partial charge in [-0.25, -0.2) is 0 Å². The van der Waals surface area contributed by atoms with Crippen LogP contribution < -0.4 is 0 Å². The third kappa shape index (κ3) is 5.60. The van der Waals surface area contributed by atoms with Crippen LogP contribution in [0.4, 0.5) is 0 Å². The molecular formula is C13H22O2. The number of carbonyl (C=O) groups is 1. The molecule has 0 amide bonds. The molecule has 0 unspecified atom stereocenters. The van der Waals surface area contributed by atoms with Crippen molar-refractivity contribution in [3.63, 3.8) is 0 Å². The zero-order chi connectivity index (χ0) is 10.9. The summed E-state index contributed by atoms with van der Waals surface area (Å²) in [5.41, 5.74) is 0. The van der Waals surface area contributed by atoms with E-state index in [2.05, 4.69) is 13.0 Å². The van der Waals surface area contributed by atoms with Crippen LogP contribution in [-0.2, 0) is 9.53 Å². The Morgan fingerprint density at radius 2 is 2.07 bits per heavy atom. The maximum absolute atomic E-state index is 11.4. The van der Waals surface area contributed by atoms with Gasteiger partial charge in [-0.15, -0.1) is 0 Å². The molecule has 0 bridgehead atoms. The number of ether oxygens (including phenoxy) is 1. The molecule has 0 spiro atoms. The zero-order valence-electron chi connectivity index (χ0n) is 9.71. The molecule has 0 saturated heterocycles. The van der Waals surface area contributed by atoms with Crippen molar-refractivity contribution in [2.45, 2.75) is 64.4 Å². The fourth-order valence-electron chi connectivity index (χ4n) is 1.86. The fourth-order valence-corrected chi connectivity index (χ4v) is 1.86. The third-order valence-corrected chi connectivity index (χ3v) is 2.78. The number of esters is 1. The lowest BCUT2D eigenvalue weighted by Crippen LogP contribution is -2.13. The van der Waals surface area contributed by atoms with Crippen LogP contribution in [0.5, 0.6) is 0 Å². The highest BCUT2D eigenvalue weighted by atomic mass is 16.5. The molecule has 2 nitrogen and oxygen atoms in total. The molecule has 0 aliphatic heterocycles. The van der Waals surface area contributed by atoms with E-state index in [0.717, 1.165) is 19.3 Å². The first-order valence-electron chi connectivity index (χ1n) is 6.17. The van der Waals surface area contributed by atoms with E-state index in [1.54, 1.807) is 0 Å². The molecule has 1 rings (SSSR count). The average molecular weight is 210 g/mol. The van der Waals surface area contributed by atoms with Gasteiger partial charge in [0.1, 0.15) is 6.10 Å². The molecule has 1 saturated carbocycles. The first-order chi connectivity index (χ1) is 7.33. The minimum absolute atomic E-state index is 0.0605.